The van der Waals surface area contributed by atoms with Crippen molar-refractivity contribution in [3.8, 4) is 17.2 Å². The highest BCUT2D eigenvalue weighted by molar-refractivity contribution is 5.92. The molecule has 2 aliphatic heterocycles. The maximum Gasteiger partial charge on any atom is 0.246 e. The van der Waals surface area contributed by atoms with Crippen LogP contribution in [0.5, 0.6) is 17.2 Å². The number of nitrogens with zero attached hydrogens (tertiary/aromatic N) is 2. The molecule has 30 heavy (non-hydrogen) atoms. The first kappa shape index (κ1) is 22.4. The van der Waals surface area contributed by atoms with E-state index in [1.807, 2.05) is 17.0 Å². The van der Waals surface area contributed by atoms with E-state index in [0.29, 0.717) is 29.4 Å². The van der Waals surface area contributed by atoms with E-state index >= 15 is 0 Å². The van der Waals surface area contributed by atoms with Crippen molar-refractivity contribution in [3.63, 3.8) is 0 Å². The molecule has 0 saturated carbocycles. The minimum absolute atomic E-state index is 0.0419. The Bertz CT molecular complexity index is 710. The molecule has 2 aliphatic rings. The van der Waals surface area contributed by atoms with Gasteiger partial charge >= 0.3 is 0 Å². The first-order chi connectivity index (χ1) is 14.6. The predicted octanol–water partition coefficient (Wildman–Crippen LogP) is 2.83. The molecule has 3 rings (SSSR count). The van der Waals surface area contributed by atoms with Gasteiger partial charge in [0.1, 0.15) is 0 Å². The van der Waals surface area contributed by atoms with Crippen molar-refractivity contribution >= 4 is 12.0 Å². The maximum absolute atomic E-state index is 12.7. The number of amides is 1. The summed E-state index contributed by atoms with van der Waals surface area (Å²) >= 11 is 0. The number of likely N-dealkylation sites (tertiary alicyclic amines) is 2. The molecule has 1 aromatic rings. The molecule has 7 nitrogen and oxygen atoms in total. The molecular formula is C23H34N2O5. The van der Waals surface area contributed by atoms with Gasteiger partial charge in [0.05, 0.1) is 27.4 Å². The lowest BCUT2D eigenvalue weighted by Crippen LogP contribution is -2.49. The summed E-state index contributed by atoms with van der Waals surface area (Å²) in [6, 6.07) is 4.24. The van der Waals surface area contributed by atoms with Gasteiger partial charge in [0, 0.05) is 45.4 Å². The summed E-state index contributed by atoms with van der Waals surface area (Å²) in [5, 5.41) is 0. The Morgan fingerprint density at radius 2 is 1.50 bits per heavy atom. The van der Waals surface area contributed by atoms with E-state index in [4.69, 9.17) is 18.9 Å². The van der Waals surface area contributed by atoms with Gasteiger partial charge in [0.15, 0.2) is 11.5 Å². The lowest BCUT2D eigenvalue weighted by atomic mass is 9.99. The van der Waals surface area contributed by atoms with Crippen LogP contribution in [-0.2, 0) is 9.53 Å². The number of rotatable bonds is 7. The molecule has 0 N–H and O–H groups in total. The molecule has 0 radical (unpaired) electrons. The first-order valence-electron chi connectivity index (χ1n) is 10.6. The topological polar surface area (TPSA) is 60.5 Å². The molecule has 0 atom stereocenters. The van der Waals surface area contributed by atoms with Crippen molar-refractivity contribution in [1.29, 1.82) is 0 Å². The van der Waals surface area contributed by atoms with E-state index in [0.717, 1.165) is 57.4 Å². The second kappa shape index (κ2) is 10.7. The first-order valence-corrected chi connectivity index (χ1v) is 10.6. The van der Waals surface area contributed by atoms with Gasteiger partial charge in [0.25, 0.3) is 0 Å². The second-order valence-corrected chi connectivity index (χ2v) is 7.82. The van der Waals surface area contributed by atoms with Crippen LogP contribution in [-0.4, -0.2) is 82.5 Å². The number of carbonyl (C=O) groups is 1. The molecule has 2 fully saturated rings. The van der Waals surface area contributed by atoms with E-state index in [9.17, 15) is 4.79 Å². The van der Waals surface area contributed by atoms with Crippen molar-refractivity contribution in [1.82, 2.24) is 9.80 Å². The molecule has 0 aliphatic carbocycles. The molecule has 0 bridgehead atoms. The van der Waals surface area contributed by atoms with Gasteiger partial charge in [-0.25, -0.2) is 0 Å². The van der Waals surface area contributed by atoms with Crippen LogP contribution >= 0.6 is 0 Å². The molecule has 0 aromatic heterocycles. The largest absolute Gasteiger partial charge is 0.493 e. The average Bonchev–Trinajstić information content (AvgIpc) is 2.81. The van der Waals surface area contributed by atoms with Gasteiger partial charge in [0.2, 0.25) is 11.7 Å². The molecule has 1 amide bonds. The highest BCUT2D eigenvalue weighted by Crippen LogP contribution is 2.38. The van der Waals surface area contributed by atoms with Gasteiger partial charge in [-0.1, -0.05) is 0 Å². The van der Waals surface area contributed by atoms with Crippen LogP contribution in [0.15, 0.2) is 18.2 Å². The molecule has 7 heteroatoms. The van der Waals surface area contributed by atoms with Gasteiger partial charge in [-0.15, -0.1) is 0 Å². The van der Waals surface area contributed by atoms with Crippen LogP contribution in [0.4, 0.5) is 0 Å². The van der Waals surface area contributed by atoms with Crippen molar-refractivity contribution < 1.29 is 23.7 Å². The fourth-order valence-corrected chi connectivity index (χ4v) is 4.40. The van der Waals surface area contributed by atoms with E-state index in [-0.39, 0.29) is 5.91 Å². The number of benzene rings is 1. The Morgan fingerprint density at radius 3 is 2.00 bits per heavy atom. The number of methoxy groups -OCH3 is 4. The Kier molecular flexibility index (Phi) is 7.99. The molecule has 166 valence electrons. The third-order valence-corrected chi connectivity index (χ3v) is 6.21. The molecule has 0 spiro atoms. The lowest BCUT2D eigenvalue weighted by Gasteiger charge is -2.41. The molecular weight excluding hydrogens is 384 g/mol. The van der Waals surface area contributed by atoms with Gasteiger partial charge in [-0.05, 0) is 49.5 Å². The van der Waals surface area contributed by atoms with Crippen molar-refractivity contribution in [2.24, 2.45) is 0 Å². The SMILES string of the molecule is COc1cc(/C=C/C(=O)N2CCC(N3CCC(OC)CC3)CC2)cc(OC)c1OC. The smallest absolute Gasteiger partial charge is 0.246 e. The standard InChI is InChI=1S/C23H34N2O5/c1-27-19-9-13-24(14-10-19)18-7-11-25(12-8-18)22(26)6-5-17-15-20(28-2)23(30-4)21(16-17)29-3/h5-6,15-16,18-19H,7-14H2,1-4H3/b6-5+. The highest BCUT2D eigenvalue weighted by Gasteiger charge is 2.29. The number of ether oxygens (including phenoxy) is 4. The highest BCUT2D eigenvalue weighted by atomic mass is 16.5. The van der Waals surface area contributed by atoms with Crippen LogP contribution in [0.1, 0.15) is 31.2 Å². The fraction of sp³-hybridized carbons (Fsp3) is 0.609. The second-order valence-electron chi connectivity index (χ2n) is 7.82. The van der Waals surface area contributed by atoms with E-state index in [1.165, 1.54) is 0 Å². The van der Waals surface area contributed by atoms with E-state index < -0.39 is 0 Å². The average molecular weight is 419 g/mol. The monoisotopic (exact) mass is 418 g/mol. The van der Waals surface area contributed by atoms with Crippen LogP contribution in [0.2, 0.25) is 0 Å². The quantitative estimate of drug-likeness (QED) is 0.635. The van der Waals surface area contributed by atoms with Crippen LogP contribution in [0, 0.1) is 0 Å². The molecule has 2 saturated heterocycles. The van der Waals surface area contributed by atoms with Crippen molar-refractivity contribution in [3.05, 3.63) is 23.8 Å². The van der Waals surface area contributed by atoms with Gasteiger partial charge in [-0.3, -0.25) is 4.79 Å². The summed E-state index contributed by atoms with van der Waals surface area (Å²) in [5.41, 5.74) is 0.828. The summed E-state index contributed by atoms with van der Waals surface area (Å²) in [5.74, 6) is 1.73. The number of piperidine rings is 2. The zero-order valence-corrected chi connectivity index (χ0v) is 18.6. The Morgan fingerprint density at radius 1 is 0.900 bits per heavy atom. The van der Waals surface area contributed by atoms with Crippen molar-refractivity contribution in [2.45, 2.75) is 37.8 Å². The number of hydrogen-bond acceptors (Lipinski definition) is 6. The molecule has 2 heterocycles. The number of hydrogen-bond donors (Lipinski definition) is 0. The summed E-state index contributed by atoms with van der Waals surface area (Å²) in [4.78, 5) is 17.2. The molecule has 1 aromatic carbocycles. The summed E-state index contributed by atoms with van der Waals surface area (Å²) in [7, 11) is 6.54. The van der Waals surface area contributed by atoms with E-state index in [1.54, 1.807) is 40.6 Å². The third kappa shape index (κ3) is 5.26. The minimum atomic E-state index is 0.0419. The summed E-state index contributed by atoms with van der Waals surface area (Å²) < 4.78 is 21.6. The maximum atomic E-state index is 12.7. The Balaban J connectivity index is 1.55. The Hall–Kier alpha value is -2.25. The van der Waals surface area contributed by atoms with Crippen molar-refractivity contribution in [2.75, 3.05) is 54.6 Å². The zero-order chi connectivity index (χ0) is 21.5. The minimum Gasteiger partial charge on any atom is -0.493 e. The zero-order valence-electron chi connectivity index (χ0n) is 18.6. The summed E-state index contributed by atoms with van der Waals surface area (Å²) in [6.07, 6.45) is 8.10. The number of carbonyl (C=O) groups excluding carboxylic acids is 1. The predicted molar refractivity (Wildman–Crippen MR) is 116 cm³/mol. The van der Waals surface area contributed by atoms with Crippen LogP contribution in [0.25, 0.3) is 6.08 Å². The normalized spacial score (nSPS) is 19.3. The van der Waals surface area contributed by atoms with Gasteiger partial charge in [-0.2, -0.15) is 0 Å². The lowest BCUT2D eigenvalue weighted by molar-refractivity contribution is -0.127. The van der Waals surface area contributed by atoms with E-state index in [2.05, 4.69) is 4.90 Å². The van der Waals surface area contributed by atoms with Crippen LogP contribution in [0.3, 0.4) is 0 Å². The third-order valence-electron chi connectivity index (χ3n) is 6.21. The molecule has 0 unspecified atom stereocenters. The Labute approximate surface area is 179 Å². The van der Waals surface area contributed by atoms with Gasteiger partial charge < -0.3 is 28.7 Å². The van der Waals surface area contributed by atoms with Crippen LogP contribution < -0.4 is 14.2 Å². The summed E-state index contributed by atoms with van der Waals surface area (Å²) in [6.45, 7) is 3.79. The fourth-order valence-electron chi connectivity index (χ4n) is 4.40.